The topological polar surface area (TPSA) is 49.9 Å². The molecule has 2 fully saturated rings. The standard InChI is InChI=1S/C14H24N2O3/c1-2-19-13(17)12-7-6-10-16(11-12)14(18)15-8-4-3-5-9-15/h12H,2-11H2,1H3. The van der Waals surface area contributed by atoms with Crippen molar-refractivity contribution in [1.29, 1.82) is 0 Å². The Hall–Kier alpha value is -1.26. The van der Waals surface area contributed by atoms with Gasteiger partial charge in [-0.3, -0.25) is 4.79 Å². The van der Waals surface area contributed by atoms with Gasteiger partial charge in [-0.25, -0.2) is 4.79 Å². The number of piperidine rings is 2. The van der Waals surface area contributed by atoms with Crippen LogP contribution in [-0.4, -0.2) is 54.6 Å². The van der Waals surface area contributed by atoms with Crippen molar-refractivity contribution < 1.29 is 14.3 Å². The van der Waals surface area contributed by atoms with Crippen LogP contribution in [0.15, 0.2) is 0 Å². The normalized spacial score (nSPS) is 24.2. The molecule has 2 aliphatic rings. The minimum atomic E-state index is -0.154. The summed E-state index contributed by atoms with van der Waals surface area (Å²) in [6.45, 7) is 5.24. The molecule has 1 unspecified atom stereocenters. The highest BCUT2D eigenvalue weighted by molar-refractivity contribution is 5.77. The lowest BCUT2D eigenvalue weighted by Gasteiger charge is -2.37. The maximum absolute atomic E-state index is 12.4. The van der Waals surface area contributed by atoms with Gasteiger partial charge in [-0.2, -0.15) is 0 Å². The third-order valence-electron chi connectivity index (χ3n) is 3.94. The van der Waals surface area contributed by atoms with Crippen LogP contribution in [0.2, 0.25) is 0 Å². The molecule has 0 aromatic heterocycles. The van der Waals surface area contributed by atoms with Gasteiger partial charge in [0.1, 0.15) is 0 Å². The van der Waals surface area contributed by atoms with E-state index in [2.05, 4.69) is 0 Å². The second-order valence-corrected chi connectivity index (χ2v) is 5.37. The number of urea groups is 1. The maximum atomic E-state index is 12.4. The van der Waals surface area contributed by atoms with Crippen LogP contribution in [-0.2, 0) is 9.53 Å². The summed E-state index contributed by atoms with van der Waals surface area (Å²) in [4.78, 5) is 27.9. The van der Waals surface area contributed by atoms with E-state index in [0.717, 1.165) is 45.3 Å². The average molecular weight is 268 g/mol. The highest BCUT2D eigenvalue weighted by Crippen LogP contribution is 2.20. The van der Waals surface area contributed by atoms with Gasteiger partial charge < -0.3 is 14.5 Å². The summed E-state index contributed by atoms with van der Waals surface area (Å²) in [5, 5.41) is 0. The molecule has 5 nitrogen and oxygen atoms in total. The summed E-state index contributed by atoms with van der Waals surface area (Å²) in [5.41, 5.74) is 0. The number of nitrogens with zero attached hydrogens (tertiary/aromatic N) is 2. The molecule has 0 spiro atoms. The first kappa shape index (κ1) is 14.2. The minimum Gasteiger partial charge on any atom is -0.466 e. The Morgan fingerprint density at radius 1 is 1.05 bits per heavy atom. The summed E-state index contributed by atoms with van der Waals surface area (Å²) in [5.74, 6) is -0.291. The molecule has 2 aliphatic heterocycles. The molecule has 2 amide bonds. The monoisotopic (exact) mass is 268 g/mol. The lowest BCUT2D eigenvalue weighted by molar-refractivity contribution is -0.149. The molecule has 1 atom stereocenters. The Labute approximate surface area is 114 Å². The quantitative estimate of drug-likeness (QED) is 0.718. The number of esters is 1. The second-order valence-electron chi connectivity index (χ2n) is 5.37. The van der Waals surface area contributed by atoms with Crippen molar-refractivity contribution in [3.63, 3.8) is 0 Å². The molecule has 0 radical (unpaired) electrons. The lowest BCUT2D eigenvalue weighted by atomic mass is 9.98. The van der Waals surface area contributed by atoms with E-state index in [1.54, 1.807) is 0 Å². The number of carbonyl (C=O) groups is 2. The van der Waals surface area contributed by atoms with E-state index in [0.29, 0.717) is 13.2 Å². The number of rotatable bonds is 2. The Bertz CT molecular complexity index is 327. The third kappa shape index (κ3) is 3.61. The highest BCUT2D eigenvalue weighted by atomic mass is 16.5. The molecule has 0 aliphatic carbocycles. The Kier molecular flexibility index (Phi) is 5.05. The summed E-state index contributed by atoms with van der Waals surface area (Å²) in [7, 11) is 0. The van der Waals surface area contributed by atoms with E-state index in [1.165, 1.54) is 6.42 Å². The van der Waals surface area contributed by atoms with E-state index >= 15 is 0 Å². The van der Waals surface area contributed by atoms with Crippen LogP contribution in [0, 0.1) is 5.92 Å². The van der Waals surface area contributed by atoms with Gasteiger partial charge in [-0.1, -0.05) is 0 Å². The molecule has 0 aromatic rings. The largest absolute Gasteiger partial charge is 0.466 e. The SMILES string of the molecule is CCOC(=O)C1CCCN(C(=O)N2CCCCC2)C1. The molecule has 0 bridgehead atoms. The predicted octanol–water partition coefficient (Wildman–Crippen LogP) is 1.87. The fourth-order valence-corrected chi connectivity index (χ4v) is 2.89. The van der Waals surface area contributed by atoms with Gasteiger partial charge in [0.15, 0.2) is 0 Å². The summed E-state index contributed by atoms with van der Waals surface area (Å²) >= 11 is 0. The van der Waals surface area contributed by atoms with E-state index < -0.39 is 0 Å². The summed E-state index contributed by atoms with van der Waals surface area (Å²) < 4.78 is 5.06. The molecule has 0 aromatic carbocycles. The molecule has 19 heavy (non-hydrogen) atoms. The van der Waals surface area contributed by atoms with Gasteiger partial charge in [0.25, 0.3) is 0 Å². The van der Waals surface area contributed by atoms with Crippen molar-refractivity contribution in [2.24, 2.45) is 5.92 Å². The van der Waals surface area contributed by atoms with E-state index in [1.807, 2.05) is 16.7 Å². The number of hydrogen-bond donors (Lipinski definition) is 0. The second kappa shape index (κ2) is 6.78. The van der Waals surface area contributed by atoms with Crippen molar-refractivity contribution in [2.45, 2.75) is 39.0 Å². The van der Waals surface area contributed by atoms with E-state index in [-0.39, 0.29) is 17.9 Å². The molecule has 108 valence electrons. The van der Waals surface area contributed by atoms with Crippen LogP contribution >= 0.6 is 0 Å². The number of hydrogen-bond acceptors (Lipinski definition) is 3. The van der Waals surface area contributed by atoms with Crippen LogP contribution < -0.4 is 0 Å². The fourth-order valence-electron chi connectivity index (χ4n) is 2.89. The molecular weight excluding hydrogens is 244 g/mol. The Morgan fingerprint density at radius 3 is 2.42 bits per heavy atom. The van der Waals surface area contributed by atoms with Crippen LogP contribution in [0.4, 0.5) is 4.79 Å². The lowest BCUT2D eigenvalue weighted by Crippen LogP contribution is -2.50. The number of ether oxygens (including phenoxy) is 1. The van der Waals surface area contributed by atoms with Crippen LogP contribution in [0.3, 0.4) is 0 Å². The van der Waals surface area contributed by atoms with Crippen molar-refractivity contribution in [1.82, 2.24) is 9.80 Å². The van der Waals surface area contributed by atoms with E-state index in [4.69, 9.17) is 4.74 Å². The number of amides is 2. The molecule has 0 N–H and O–H groups in total. The molecular formula is C14H24N2O3. The highest BCUT2D eigenvalue weighted by Gasteiger charge is 2.31. The first-order valence-electron chi connectivity index (χ1n) is 7.43. The van der Waals surface area contributed by atoms with Crippen molar-refractivity contribution in [3.05, 3.63) is 0 Å². The zero-order valence-electron chi connectivity index (χ0n) is 11.8. The molecule has 2 rings (SSSR count). The molecule has 2 saturated heterocycles. The molecule has 0 saturated carbocycles. The van der Waals surface area contributed by atoms with Crippen molar-refractivity contribution in [2.75, 3.05) is 32.8 Å². The Balaban J connectivity index is 1.89. The van der Waals surface area contributed by atoms with Crippen molar-refractivity contribution in [3.8, 4) is 0 Å². The summed E-state index contributed by atoms with van der Waals surface area (Å²) in [6.07, 6.45) is 5.14. The minimum absolute atomic E-state index is 0.105. The van der Waals surface area contributed by atoms with Gasteiger partial charge in [0.2, 0.25) is 0 Å². The van der Waals surface area contributed by atoms with Crippen LogP contribution in [0.25, 0.3) is 0 Å². The van der Waals surface area contributed by atoms with Gasteiger partial charge in [-0.15, -0.1) is 0 Å². The van der Waals surface area contributed by atoms with Crippen LogP contribution in [0.1, 0.15) is 39.0 Å². The summed E-state index contributed by atoms with van der Waals surface area (Å²) in [6, 6.07) is 0.105. The van der Waals surface area contributed by atoms with Gasteiger partial charge in [-0.05, 0) is 39.0 Å². The van der Waals surface area contributed by atoms with Crippen LogP contribution in [0.5, 0.6) is 0 Å². The fraction of sp³-hybridized carbons (Fsp3) is 0.857. The first-order chi connectivity index (χ1) is 9.22. The van der Waals surface area contributed by atoms with E-state index in [9.17, 15) is 9.59 Å². The first-order valence-corrected chi connectivity index (χ1v) is 7.43. The predicted molar refractivity (Wildman–Crippen MR) is 71.8 cm³/mol. The zero-order valence-corrected chi connectivity index (χ0v) is 11.8. The number of carbonyl (C=O) groups excluding carboxylic acids is 2. The zero-order chi connectivity index (χ0) is 13.7. The molecule has 2 heterocycles. The smallest absolute Gasteiger partial charge is 0.320 e. The molecule has 5 heteroatoms. The number of likely N-dealkylation sites (tertiary alicyclic amines) is 2. The maximum Gasteiger partial charge on any atom is 0.320 e. The van der Waals surface area contributed by atoms with Gasteiger partial charge in [0.05, 0.1) is 12.5 Å². The Morgan fingerprint density at radius 2 is 1.74 bits per heavy atom. The van der Waals surface area contributed by atoms with Crippen molar-refractivity contribution >= 4 is 12.0 Å². The third-order valence-corrected chi connectivity index (χ3v) is 3.94. The average Bonchev–Trinajstić information content (AvgIpc) is 2.48. The van der Waals surface area contributed by atoms with Gasteiger partial charge >= 0.3 is 12.0 Å². The van der Waals surface area contributed by atoms with Gasteiger partial charge in [0, 0.05) is 26.2 Å².